The number of benzene rings is 5. The second-order valence-electron chi connectivity index (χ2n) is 12.1. The number of sulfonamides is 1. The zero-order chi connectivity index (χ0) is 36.7. The molecular formula is C38H35Cl2N5O5S2. The van der Waals surface area contributed by atoms with Crippen LogP contribution in [0.4, 0.5) is 11.4 Å². The monoisotopic (exact) mass is 775 g/mol. The number of carbonyl (C=O) groups excluding carboxylic acids is 1. The summed E-state index contributed by atoms with van der Waals surface area (Å²) < 4.78 is 28.4. The topological polar surface area (TPSA) is 134 Å². The Morgan fingerprint density at radius 2 is 1.67 bits per heavy atom. The summed E-state index contributed by atoms with van der Waals surface area (Å²) in [7, 11) is -4.41. The number of amides is 1. The number of piperazine rings is 1. The average molecular weight is 777 g/mol. The molecule has 14 heteroatoms. The van der Waals surface area contributed by atoms with E-state index >= 15 is 0 Å². The lowest BCUT2D eigenvalue weighted by Gasteiger charge is -2.34. The number of anilines is 1. The van der Waals surface area contributed by atoms with E-state index in [2.05, 4.69) is 32.4 Å². The minimum atomic E-state index is -4.41. The molecule has 0 spiro atoms. The van der Waals surface area contributed by atoms with Crippen LogP contribution in [0, 0.1) is 10.1 Å². The molecule has 1 unspecified atom stereocenters. The number of halogens is 2. The van der Waals surface area contributed by atoms with Gasteiger partial charge >= 0.3 is 0 Å². The molecular weight excluding hydrogens is 741 g/mol. The summed E-state index contributed by atoms with van der Waals surface area (Å²) >= 11 is 14.0. The quantitative estimate of drug-likeness (QED) is 0.0470. The number of nitro benzene ring substituents is 1. The minimum Gasteiger partial charge on any atom is -0.379 e. The Bertz CT molecular complexity index is 2170. The van der Waals surface area contributed by atoms with Gasteiger partial charge in [-0.15, -0.1) is 11.8 Å². The van der Waals surface area contributed by atoms with Crippen LogP contribution in [-0.4, -0.2) is 56.1 Å². The van der Waals surface area contributed by atoms with Crippen molar-refractivity contribution in [2.75, 3.05) is 37.2 Å². The van der Waals surface area contributed by atoms with E-state index in [9.17, 15) is 23.3 Å². The summed E-state index contributed by atoms with van der Waals surface area (Å²) in [5.74, 6) is -0.201. The fourth-order valence-electron chi connectivity index (χ4n) is 5.98. The highest BCUT2D eigenvalue weighted by Crippen LogP contribution is 2.32. The summed E-state index contributed by atoms with van der Waals surface area (Å²) in [6.07, 6.45) is 0. The zero-order valence-electron chi connectivity index (χ0n) is 27.8. The van der Waals surface area contributed by atoms with E-state index < -0.39 is 26.5 Å². The van der Waals surface area contributed by atoms with Crippen molar-refractivity contribution in [1.29, 1.82) is 0 Å². The lowest BCUT2D eigenvalue weighted by molar-refractivity contribution is -0.384. The van der Waals surface area contributed by atoms with E-state index in [4.69, 9.17) is 23.2 Å². The van der Waals surface area contributed by atoms with Crippen LogP contribution in [0.15, 0.2) is 125 Å². The van der Waals surface area contributed by atoms with E-state index in [-0.39, 0.29) is 22.2 Å². The highest BCUT2D eigenvalue weighted by Gasteiger charge is 2.25. The smallest absolute Gasteiger partial charge is 0.293 e. The largest absolute Gasteiger partial charge is 0.379 e. The number of hydrogen-bond acceptors (Lipinski definition) is 9. The third-order valence-electron chi connectivity index (χ3n) is 8.61. The van der Waals surface area contributed by atoms with Crippen LogP contribution in [0.5, 0.6) is 0 Å². The molecule has 1 heterocycles. The van der Waals surface area contributed by atoms with Gasteiger partial charge in [0.15, 0.2) is 0 Å². The second-order valence-corrected chi connectivity index (χ2v) is 15.8. The molecule has 0 aliphatic carbocycles. The highest BCUT2D eigenvalue weighted by atomic mass is 35.5. The molecule has 3 N–H and O–H groups in total. The molecule has 268 valence electrons. The van der Waals surface area contributed by atoms with Gasteiger partial charge in [-0.2, -0.15) is 0 Å². The molecule has 1 amide bonds. The number of nitrogens with one attached hydrogen (secondary N) is 3. The average Bonchev–Trinajstić information content (AvgIpc) is 3.15. The summed E-state index contributed by atoms with van der Waals surface area (Å²) in [4.78, 5) is 27.3. The Morgan fingerprint density at radius 3 is 2.42 bits per heavy atom. The molecule has 52 heavy (non-hydrogen) atoms. The first-order chi connectivity index (χ1) is 25.1. The third kappa shape index (κ3) is 9.32. The van der Waals surface area contributed by atoms with Crippen LogP contribution in [0.3, 0.4) is 0 Å². The summed E-state index contributed by atoms with van der Waals surface area (Å²) in [5, 5.41) is 19.4. The van der Waals surface area contributed by atoms with E-state index in [1.165, 1.54) is 12.1 Å². The number of thioether (sulfide) groups is 1. The molecule has 10 nitrogen and oxygen atoms in total. The molecule has 1 aliphatic heterocycles. The molecule has 0 radical (unpaired) electrons. The predicted octanol–water partition coefficient (Wildman–Crippen LogP) is 8.04. The molecule has 1 fully saturated rings. The standard InChI is InChI=1S/C38H35Cl2N5O5S2/c39-33-16-14-28(22-34(33)40)32-9-5-4-6-29(32)24-44-20-18-41-36(25-44)26-10-12-27(13-11-26)38(46)43-52(49,50)31-15-17-35(37(23-31)45(47)48)42-19-21-51-30-7-2-1-3-8-30/h1-17,22-23,36,41-42H,18-21,24-25H2,(H,43,46). The van der Waals surface area contributed by atoms with Crippen molar-refractivity contribution >= 4 is 62.3 Å². The maximum absolute atomic E-state index is 13.2. The van der Waals surface area contributed by atoms with Crippen molar-refractivity contribution in [3.05, 3.63) is 152 Å². The maximum Gasteiger partial charge on any atom is 0.293 e. The van der Waals surface area contributed by atoms with Gasteiger partial charge in [-0.3, -0.25) is 19.8 Å². The molecule has 5 aromatic rings. The Labute approximate surface area is 316 Å². The Morgan fingerprint density at radius 1 is 0.923 bits per heavy atom. The van der Waals surface area contributed by atoms with Gasteiger partial charge < -0.3 is 10.6 Å². The van der Waals surface area contributed by atoms with E-state index in [0.717, 1.165) is 52.8 Å². The van der Waals surface area contributed by atoms with Crippen LogP contribution in [-0.2, 0) is 16.6 Å². The Hall–Kier alpha value is -4.43. The number of nitro groups is 1. The highest BCUT2D eigenvalue weighted by molar-refractivity contribution is 7.99. The molecule has 0 aromatic heterocycles. The van der Waals surface area contributed by atoms with Gasteiger partial charge in [0, 0.05) is 61.0 Å². The van der Waals surface area contributed by atoms with Crippen molar-refractivity contribution in [2.24, 2.45) is 0 Å². The number of rotatable bonds is 13. The fraction of sp³-hybridized carbons (Fsp3) is 0.184. The number of hydrogen-bond donors (Lipinski definition) is 3. The van der Waals surface area contributed by atoms with Gasteiger partial charge in [0.05, 0.1) is 19.9 Å². The van der Waals surface area contributed by atoms with Crippen molar-refractivity contribution in [1.82, 2.24) is 14.9 Å². The van der Waals surface area contributed by atoms with Crippen molar-refractivity contribution in [3.63, 3.8) is 0 Å². The molecule has 0 saturated carbocycles. The minimum absolute atomic E-state index is 0.0173. The van der Waals surface area contributed by atoms with Crippen LogP contribution in [0.1, 0.15) is 27.5 Å². The van der Waals surface area contributed by atoms with Gasteiger partial charge in [0.2, 0.25) is 0 Å². The van der Waals surface area contributed by atoms with Crippen LogP contribution in [0.25, 0.3) is 11.1 Å². The lowest BCUT2D eigenvalue weighted by Crippen LogP contribution is -2.45. The molecule has 6 rings (SSSR count). The van der Waals surface area contributed by atoms with Gasteiger partial charge in [0.25, 0.3) is 21.6 Å². The lowest BCUT2D eigenvalue weighted by atomic mass is 9.98. The normalized spacial score (nSPS) is 14.8. The van der Waals surface area contributed by atoms with Crippen LogP contribution < -0.4 is 15.4 Å². The summed E-state index contributed by atoms with van der Waals surface area (Å²) in [5.41, 5.74) is 4.09. The van der Waals surface area contributed by atoms with Gasteiger partial charge in [-0.25, -0.2) is 13.1 Å². The van der Waals surface area contributed by atoms with Gasteiger partial charge in [-0.1, -0.05) is 83.9 Å². The number of carbonyl (C=O) groups is 1. The molecule has 1 atom stereocenters. The predicted molar refractivity (Wildman–Crippen MR) is 208 cm³/mol. The van der Waals surface area contributed by atoms with E-state index in [1.807, 2.05) is 54.6 Å². The Kier molecular flexibility index (Phi) is 12.2. The molecule has 1 saturated heterocycles. The fourth-order valence-corrected chi connectivity index (χ4v) is 8.06. The molecule has 1 aliphatic rings. The molecule has 5 aromatic carbocycles. The summed E-state index contributed by atoms with van der Waals surface area (Å²) in [6, 6.07) is 33.8. The SMILES string of the molecule is O=C(NS(=O)(=O)c1ccc(NCCSc2ccccc2)c([N+](=O)[O-])c1)c1ccc(C2CN(Cc3ccccc3-c3ccc(Cl)c(Cl)c3)CCN2)cc1. The van der Waals surface area contributed by atoms with Gasteiger partial charge in [0.1, 0.15) is 5.69 Å². The number of nitrogens with zero attached hydrogens (tertiary/aromatic N) is 2. The Balaban J connectivity index is 1.07. The van der Waals surface area contributed by atoms with Crippen LogP contribution in [0.2, 0.25) is 10.0 Å². The molecule has 0 bridgehead atoms. The first-order valence-electron chi connectivity index (χ1n) is 16.4. The van der Waals surface area contributed by atoms with E-state index in [0.29, 0.717) is 28.9 Å². The van der Waals surface area contributed by atoms with Gasteiger partial charge in [-0.05, 0) is 70.8 Å². The first-order valence-corrected chi connectivity index (χ1v) is 19.7. The van der Waals surface area contributed by atoms with Crippen molar-refractivity contribution in [3.8, 4) is 11.1 Å². The maximum atomic E-state index is 13.2. The summed E-state index contributed by atoms with van der Waals surface area (Å²) in [6.45, 7) is 3.45. The van der Waals surface area contributed by atoms with E-state index in [1.54, 1.807) is 42.1 Å². The third-order valence-corrected chi connectivity index (χ3v) is 11.7. The van der Waals surface area contributed by atoms with Crippen molar-refractivity contribution in [2.45, 2.75) is 22.4 Å². The van der Waals surface area contributed by atoms with Crippen molar-refractivity contribution < 1.29 is 18.1 Å². The zero-order valence-corrected chi connectivity index (χ0v) is 30.9. The first kappa shape index (κ1) is 37.3. The van der Waals surface area contributed by atoms with Crippen LogP contribution >= 0.6 is 35.0 Å². The second kappa shape index (κ2) is 16.9.